The molecule has 0 unspecified atom stereocenters. The van der Waals surface area contributed by atoms with E-state index in [0.29, 0.717) is 0 Å². The van der Waals surface area contributed by atoms with E-state index in [4.69, 9.17) is 4.42 Å². The molecule has 0 fully saturated rings. The van der Waals surface area contributed by atoms with Crippen LogP contribution < -0.4 is 4.90 Å². The highest BCUT2D eigenvalue weighted by atomic mass is 16.3. The Labute approximate surface area is 349 Å². The highest BCUT2D eigenvalue weighted by Crippen LogP contribution is 2.43. The molecular formula is C58H39NO. The summed E-state index contributed by atoms with van der Waals surface area (Å²) in [6, 6.07) is 84.8. The van der Waals surface area contributed by atoms with E-state index < -0.39 is 0 Å². The van der Waals surface area contributed by atoms with Gasteiger partial charge in [0.05, 0.1) is 0 Å². The van der Waals surface area contributed by atoms with E-state index in [1.807, 2.05) is 12.1 Å². The molecule has 0 radical (unpaired) electrons. The number of rotatable bonds is 8. The Bertz CT molecular complexity index is 3270. The van der Waals surface area contributed by atoms with Crippen LogP contribution in [-0.4, -0.2) is 0 Å². The highest BCUT2D eigenvalue weighted by Gasteiger charge is 2.18. The average Bonchev–Trinajstić information content (AvgIpc) is 3.77. The summed E-state index contributed by atoms with van der Waals surface area (Å²) < 4.78 is 6.35. The zero-order valence-corrected chi connectivity index (χ0v) is 32.9. The number of para-hydroxylation sites is 1. The van der Waals surface area contributed by atoms with Gasteiger partial charge < -0.3 is 9.32 Å². The Balaban J connectivity index is 1.00. The molecular weight excluding hydrogens is 727 g/mol. The molecule has 1 aromatic heterocycles. The summed E-state index contributed by atoms with van der Waals surface area (Å²) in [5.41, 5.74) is 14.7. The molecule has 0 atom stereocenters. The Morgan fingerprint density at radius 1 is 0.267 bits per heavy atom. The molecule has 0 aliphatic carbocycles. The second-order valence-corrected chi connectivity index (χ2v) is 15.3. The molecule has 0 N–H and O–H groups in total. The summed E-state index contributed by atoms with van der Waals surface area (Å²) in [6.45, 7) is 0. The minimum atomic E-state index is 0.867. The van der Waals surface area contributed by atoms with Gasteiger partial charge in [-0.25, -0.2) is 0 Å². The highest BCUT2D eigenvalue weighted by molar-refractivity contribution is 6.08. The maximum atomic E-state index is 6.35. The van der Waals surface area contributed by atoms with Crippen molar-refractivity contribution in [3.63, 3.8) is 0 Å². The SMILES string of the molecule is c1ccc(-c2ccccc2-c2ccccc2-c2ccc(N(c3ccc(-c4ccccc4-c4cc5ccccc5o4)cc3)c3ccc4c(ccc5ccccc54)c3)cc2)cc1. The molecule has 282 valence electrons. The molecule has 1 heterocycles. The van der Waals surface area contributed by atoms with Crippen molar-refractivity contribution in [1.29, 1.82) is 0 Å². The van der Waals surface area contributed by atoms with Crippen LogP contribution in [0, 0.1) is 0 Å². The second-order valence-electron chi connectivity index (χ2n) is 15.3. The second kappa shape index (κ2) is 15.1. The summed E-state index contributed by atoms with van der Waals surface area (Å²) >= 11 is 0. The van der Waals surface area contributed by atoms with Gasteiger partial charge >= 0.3 is 0 Å². The maximum absolute atomic E-state index is 6.35. The van der Waals surface area contributed by atoms with Crippen molar-refractivity contribution in [2.45, 2.75) is 0 Å². The van der Waals surface area contributed by atoms with E-state index in [1.165, 1.54) is 54.9 Å². The first-order chi connectivity index (χ1) is 29.7. The van der Waals surface area contributed by atoms with E-state index in [2.05, 4.69) is 229 Å². The van der Waals surface area contributed by atoms with Crippen LogP contribution in [0.3, 0.4) is 0 Å². The lowest BCUT2D eigenvalue weighted by Gasteiger charge is -2.26. The van der Waals surface area contributed by atoms with Crippen molar-refractivity contribution in [2.75, 3.05) is 4.90 Å². The van der Waals surface area contributed by atoms with Gasteiger partial charge in [0.15, 0.2) is 0 Å². The van der Waals surface area contributed by atoms with Crippen LogP contribution >= 0.6 is 0 Å². The van der Waals surface area contributed by atoms with E-state index in [1.54, 1.807) is 0 Å². The molecule has 10 aromatic carbocycles. The molecule has 0 bridgehead atoms. The lowest BCUT2D eigenvalue weighted by molar-refractivity contribution is 0.632. The largest absolute Gasteiger partial charge is 0.456 e. The number of benzene rings is 10. The summed E-state index contributed by atoms with van der Waals surface area (Å²) in [7, 11) is 0. The van der Waals surface area contributed by atoms with Gasteiger partial charge in [-0.05, 0) is 115 Å². The van der Waals surface area contributed by atoms with Gasteiger partial charge in [-0.2, -0.15) is 0 Å². The Morgan fingerprint density at radius 2 is 0.717 bits per heavy atom. The lowest BCUT2D eigenvalue weighted by atomic mass is 9.89. The van der Waals surface area contributed by atoms with Crippen molar-refractivity contribution in [3.8, 4) is 55.8 Å². The average molecular weight is 766 g/mol. The number of furan rings is 1. The zero-order chi connectivity index (χ0) is 39.8. The van der Waals surface area contributed by atoms with Crippen molar-refractivity contribution in [2.24, 2.45) is 0 Å². The fraction of sp³-hybridized carbons (Fsp3) is 0. The molecule has 0 spiro atoms. The first-order valence-electron chi connectivity index (χ1n) is 20.5. The summed E-state index contributed by atoms with van der Waals surface area (Å²) in [6.07, 6.45) is 0. The third-order valence-corrected chi connectivity index (χ3v) is 11.7. The number of fused-ring (bicyclic) bond motifs is 4. The molecule has 11 rings (SSSR count). The fourth-order valence-electron chi connectivity index (χ4n) is 8.79. The normalized spacial score (nSPS) is 11.3. The van der Waals surface area contributed by atoms with E-state index in [0.717, 1.165) is 50.5 Å². The van der Waals surface area contributed by atoms with Crippen LogP contribution in [-0.2, 0) is 0 Å². The molecule has 0 saturated heterocycles. The predicted molar refractivity (Wildman–Crippen MR) is 253 cm³/mol. The molecule has 11 aromatic rings. The Hall–Kier alpha value is -7.94. The zero-order valence-electron chi connectivity index (χ0n) is 32.9. The third kappa shape index (κ3) is 6.41. The minimum Gasteiger partial charge on any atom is -0.456 e. The van der Waals surface area contributed by atoms with Crippen LogP contribution in [0.1, 0.15) is 0 Å². The number of nitrogens with zero attached hydrogens (tertiary/aromatic N) is 1. The van der Waals surface area contributed by atoms with Gasteiger partial charge in [-0.1, -0.05) is 188 Å². The van der Waals surface area contributed by atoms with Crippen molar-refractivity contribution < 1.29 is 4.42 Å². The summed E-state index contributed by atoms with van der Waals surface area (Å²) in [4.78, 5) is 2.37. The standard InChI is InChI=1S/C58H39NO/c1-2-14-40(15-3-1)50-19-7-10-22-54(50)55-23-11-8-20-51(55)42-28-32-46(33-29-42)59(48-36-37-53-44(38-48)27-26-41-16-4-6-18-49(41)53)47-34-30-43(31-35-47)52-21-9-12-24-56(52)58-39-45-17-5-13-25-57(45)60-58/h1-39H. The lowest BCUT2D eigenvalue weighted by Crippen LogP contribution is -2.10. The minimum absolute atomic E-state index is 0.867. The smallest absolute Gasteiger partial charge is 0.136 e. The van der Waals surface area contributed by atoms with Crippen molar-refractivity contribution >= 4 is 49.6 Å². The molecule has 2 nitrogen and oxygen atoms in total. The van der Waals surface area contributed by atoms with Gasteiger partial charge in [0.1, 0.15) is 11.3 Å². The van der Waals surface area contributed by atoms with Crippen molar-refractivity contribution in [1.82, 2.24) is 0 Å². The summed E-state index contributed by atoms with van der Waals surface area (Å²) in [5, 5.41) is 6.06. The molecule has 0 aliphatic rings. The van der Waals surface area contributed by atoms with Gasteiger partial charge in [0, 0.05) is 28.0 Å². The molecule has 60 heavy (non-hydrogen) atoms. The predicted octanol–water partition coefficient (Wildman–Crippen LogP) is 16.5. The van der Waals surface area contributed by atoms with Gasteiger partial charge in [0.2, 0.25) is 0 Å². The number of hydrogen-bond acceptors (Lipinski definition) is 2. The van der Waals surface area contributed by atoms with Gasteiger partial charge in [-0.3, -0.25) is 0 Å². The Morgan fingerprint density at radius 3 is 1.35 bits per heavy atom. The van der Waals surface area contributed by atoms with E-state index in [9.17, 15) is 0 Å². The van der Waals surface area contributed by atoms with Crippen LogP contribution in [0.2, 0.25) is 0 Å². The molecule has 2 heteroatoms. The quantitative estimate of drug-likeness (QED) is 0.143. The van der Waals surface area contributed by atoms with Gasteiger partial charge in [0.25, 0.3) is 0 Å². The van der Waals surface area contributed by atoms with Crippen LogP contribution in [0.4, 0.5) is 17.1 Å². The van der Waals surface area contributed by atoms with Crippen molar-refractivity contribution in [3.05, 3.63) is 237 Å². The topological polar surface area (TPSA) is 16.4 Å². The van der Waals surface area contributed by atoms with E-state index in [-0.39, 0.29) is 0 Å². The van der Waals surface area contributed by atoms with Gasteiger partial charge in [-0.15, -0.1) is 0 Å². The Kier molecular flexibility index (Phi) is 8.87. The summed E-state index contributed by atoms with van der Waals surface area (Å²) in [5.74, 6) is 0.867. The van der Waals surface area contributed by atoms with E-state index >= 15 is 0 Å². The maximum Gasteiger partial charge on any atom is 0.136 e. The molecule has 0 aliphatic heterocycles. The van der Waals surface area contributed by atoms with Crippen LogP contribution in [0.15, 0.2) is 241 Å². The fourth-order valence-corrected chi connectivity index (χ4v) is 8.79. The first kappa shape index (κ1) is 35.2. The molecule has 0 amide bonds. The molecule has 0 saturated carbocycles. The first-order valence-corrected chi connectivity index (χ1v) is 20.5. The van der Waals surface area contributed by atoms with Crippen LogP contribution in [0.25, 0.3) is 88.3 Å². The van der Waals surface area contributed by atoms with Crippen LogP contribution in [0.5, 0.6) is 0 Å². The monoisotopic (exact) mass is 765 g/mol. The third-order valence-electron chi connectivity index (χ3n) is 11.7. The number of anilines is 3. The number of hydrogen-bond donors (Lipinski definition) is 0.